The van der Waals surface area contributed by atoms with Crippen LogP contribution in [0.2, 0.25) is 0 Å². The molecule has 0 radical (unpaired) electrons. The molecule has 6 nitrogen and oxygen atoms in total. The van der Waals surface area contributed by atoms with E-state index >= 15 is 0 Å². The molecule has 1 aromatic rings. The van der Waals surface area contributed by atoms with Gasteiger partial charge in [0.15, 0.2) is 5.16 Å². The number of piperidine rings is 1. The van der Waals surface area contributed by atoms with Crippen LogP contribution >= 0.6 is 11.8 Å². The summed E-state index contributed by atoms with van der Waals surface area (Å²) in [7, 11) is 3.80. The first kappa shape index (κ1) is 15.3. The highest BCUT2D eigenvalue weighted by Gasteiger charge is 2.22. The fraction of sp³-hybridized carbons (Fsp3) is 0.769. The summed E-state index contributed by atoms with van der Waals surface area (Å²) in [4.78, 5) is 13.5. The van der Waals surface area contributed by atoms with E-state index < -0.39 is 0 Å². The SMILES string of the molecule is CCN(C)C(=O)CSc1nnc(C2CCCNC2)n1C. The van der Waals surface area contributed by atoms with Crippen LogP contribution in [0.3, 0.4) is 0 Å². The summed E-state index contributed by atoms with van der Waals surface area (Å²) in [6, 6.07) is 0. The van der Waals surface area contributed by atoms with Gasteiger partial charge in [-0.2, -0.15) is 0 Å². The number of carbonyl (C=O) groups excluding carboxylic acids is 1. The summed E-state index contributed by atoms with van der Waals surface area (Å²) in [6.45, 7) is 4.76. The molecule has 1 aliphatic rings. The fourth-order valence-corrected chi connectivity index (χ4v) is 3.15. The molecule has 1 atom stereocenters. The van der Waals surface area contributed by atoms with Crippen LogP contribution in [0, 0.1) is 0 Å². The molecule has 1 aromatic heterocycles. The van der Waals surface area contributed by atoms with Crippen molar-refractivity contribution < 1.29 is 4.79 Å². The normalized spacial score (nSPS) is 19.1. The van der Waals surface area contributed by atoms with Gasteiger partial charge in [0.2, 0.25) is 5.91 Å². The Kier molecular flexibility index (Phi) is 5.42. The van der Waals surface area contributed by atoms with E-state index in [1.165, 1.54) is 18.2 Å². The zero-order valence-electron chi connectivity index (χ0n) is 12.4. The summed E-state index contributed by atoms with van der Waals surface area (Å²) < 4.78 is 2.03. The molecule has 7 heteroatoms. The molecule has 1 aliphatic heterocycles. The lowest BCUT2D eigenvalue weighted by atomic mass is 9.99. The first-order chi connectivity index (χ1) is 9.63. The zero-order chi connectivity index (χ0) is 14.5. The van der Waals surface area contributed by atoms with Crippen molar-refractivity contribution in [2.45, 2.75) is 30.8 Å². The van der Waals surface area contributed by atoms with Crippen molar-refractivity contribution >= 4 is 17.7 Å². The monoisotopic (exact) mass is 297 g/mol. The summed E-state index contributed by atoms with van der Waals surface area (Å²) >= 11 is 1.46. The van der Waals surface area contributed by atoms with E-state index in [1.807, 2.05) is 25.6 Å². The highest BCUT2D eigenvalue weighted by molar-refractivity contribution is 7.99. The molecule has 0 spiro atoms. The molecule has 2 rings (SSSR count). The van der Waals surface area contributed by atoms with Gasteiger partial charge in [0, 0.05) is 33.1 Å². The highest BCUT2D eigenvalue weighted by atomic mass is 32.2. The van der Waals surface area contributed by atoms with Crippen molar-refractivity contribution in [3.63, 3.8) is 0 Å². The number of nitrogens with zero attached hydrogens (tertiary/aromatic N) is 4. The van der Waals surface area contributed by atoms with Gasteiger partial charge in [-0.1, -0.05) is 11.8 Å². The largest absolute Gasteiger partial charge is 0.345 e. The number of thioether (sulfide) groups is 1. The van der Waals surface area contributed by atoms with E-state index in [0.717, 1.165) is 37.0 Å². The molecular formula is C13H23N5OS. The predicted molar refractivity (Wildman–Crippen MR) is 79.9 cm³/mol. The van der Waals surface area contributed by atoms with Gasteiger partial charge < -0.3 is 14.8 Å². The highest BCUT2D eigenvalue weighted by Crippen LogP contribution is 2.24. The van der Waals surface area contributed by atoms with E-state index in [9.17, 15) is 4.79 Å². The lowest BCUT2D eigenvalue weighted by Gasteiger charge is -2.21. The molecule has 1 N–H and O–H groups in total. The Bertz CT molecular complexity index is 456. The van der Waals surface area contributed by atoms with Gasteiger partial charge in [0.25, 0.3) is 0 Å². The number of rotatable bonds is 5. The molecule has 1 unspecified atom stereocenters. The summed E-state index contributed by atoms with van der Waals surface area (Å²) in [5.41, 5.74) is 0. The van der Waals surface area contributed by atoms with Crippen LogP contribution < -0.4 is 5.32 Å². The molecule has 1 amide bonds. The minimum absolute atomic E-state index is 0.126. The van der Waals surface area contributed by atoms with Crippen molar-refractivity contribution in [3.8, 4) is 0 Å². The van der Waals surface area contributed by atoms with Gasteiger partial charge in [-0.15, -0.1) is 10.2 Å². The van der Waals surface area contributed by atoms with Crippen LogP contribution in [0.25, 0.3) is 0 Å². The Morgan fingerprint density at radius 2 is 2.35 bits per heavy atom. The van der Waals surface area contributed by atoms with Crippen molar-refractivity contribution in [2.24, 2.45) is 7.05 Å². The van der Waals surface area contributed by atoms with Crippen molar-refractivity contribution in [3.05, 3.63) is 5.82 Å². The Hall–Kier alpha value is -1.08. The second-order valence-corrected chi connectivity index (χ2v) is 6.08. The number of hydrogen-bond donors (Lipinski definition) is 1. The summed E-state index contributed by atoms with van der Waals surface area (Å²) in [5, 5.41) is 12.8. The topological polar surface area (TPSA) is 63.1 Å². The molecule has 0 aliphatic carbocycles. The third-order valence-corrected chi connectivity index (χ3v) is 4.76. The smallest absolute Gasteiger partial charge is 0.232 e. The molecule has 20 heavy (non-hydrogen) atoms. The van der Waals surface area contributed by atoms with E-state index in [-0.39, 0.29) is 5.91 Å². The van der Waals surface area contributed by atoms with Gasteiger partial charge in [-0.05, 0) is 26.3 Å². The van der Waals surface area contributed by atoms with Crippen LogP contribution in [0.15, 0.2) is 5.16 Å². The maximum absolute atomic E-state index is 11.8. The number of amides is 1. The standard InChI is InChI=1S/C13H23N5OS/c1-4-17(2)11(19)9-20-13-16-15-12(18(13)3)10-6-5-7-14-8-10/h10,14H,4-9H2,1-3H3. The molecule has 0 saturated carbocycles. The molecule has 1 fully saturated rings. The second kappa shape index (κ2) is 7.08. The van der Waals surface area contributed by atoms with Gasteiger partial charge in [0.1, 0.15) is 5.82 Å². The Morgan fingerprint density at radius 3 is 3.00 bits per heavy atom. The molecule has 1 saturated heterocycles. The van der Waals surface area contributed by atoms with Crippen LogP contribution in [-0.2, 0) is 11.8 Å². The van der Waals surface area contributed by atoms with Gasteiger partial charge in [0.05, 0.1) is 5.75 Å². The third-order valence-electron chi connectivity index (χ3n) is 3.76. The van der Waals surface area contributed by atoms with Gasteiger partial charge in [-0.25, -0.2) is 0 Å². The second-order valence-electron chi connectivity index (χ2n) is 5.14. The Labute approximate surface area is 124 Å². The van der Waals surface area contributed by atoms with Crippen LogP contribution in [0.4, 0.5) is 0 Å². The Balaban J connectivity index is 1.96. The average Bonchev–Trinajstić information content (AvgIpc) is 2.85. The molecule has 2 heterocycles. The fourth-order valence-electron chi connectivity index (χ4n) is 2.29. The van der Waals surface area contributed by atoms with E-state index in [1.54, 1.807) is 4.90 Å². The number of carbonyl (C=O) groups is 1. The van der Waals surface area contributed by atoms with Crippen LogP contribution in [-0.4, -0.2) is 58.0 Å². The lowest BCUT2D eigenvalue weighted by molar-refractivity contribution is -0.126. The maximum Gasteiger partial charge on any atom is 0.232 e. The number of nitrogens with one attached hydrogen (secondary N) is 1. The Morgan fingerprint density at radius 1 is 1.55 bits per heavy atom. The van der Waals surface area contributed by atoms with E-state index in [2.05, 4.69) is 15.5 Å². The summed E-state index contributed by atoms with van der Waals surface area (Å²) in [6.07, 6.45) is 2.33. The first-order valence-electron chi connectivity index (χ1n) is 7.10. The van der Waals surface area contributed by atoms with E-state index in [0.29, 0.717) is 11.7 Å². The molecule has 0 bridgehead atoms. The van der Waals surface area contributed by atoms with Gasteiger partial charge >= 0.3 is 0 Å². The first-order valence-corrected chi connectivity index (χ1v) is 8.08. The number of aromatic nitrogens is 3. The van der Waals surface area contributed by atoms with Crippen LogP contribution in [0.1, 0.15) is 31.5 Å². The molecule has 112 valence electrons. The van der Waals surface area contributed by atoms with Gasteiger partial charge in [-0.3, -0.25) is 4.79 Å². The van der Waals surface area contributed by atoms with Crippen molar-refractivity contribution in [2.75, 3.05) is 32.4 Å². The molecule has 0 aromatic carbocycles. The summed E-state index contributed by atoms with van der Waals surface area (Å²) in [5.74, 6) is 2.00. The third kappa shape index (κ3) is 3.52. The predicted octanol–water partition coefficient (Wildman–Crippen LogP) is 0.852. The molecular weight excluding hydrogens is 274 g/mol. The quantitative estimate of drug-likeness (QED) is 0.817. The minimum atomic E-state index is 0.126. The minimum Gasteiger partial charge on any atom is -0.345 e. The van der Waals surface area contributed by atoms with E-state index in [4.69, 9.17) is 0 Å². The van der Waals surface area contributed by atoms with Crippen molar-refractivity contribution in [1.82, 2.24) is 25.0 Å². The number of hydrogen-bond acceptors (Lipinski definition) is 5. The van der Waals surface area contributed by atoms with Crippen molar-refractivity contribution in [1.29, 1.82) is 0 Å². The lowest BCUT2D eigenvalue weighted by Crippen LogP contribution is -2.30. The average molecular weight is 297 g/mol. The van der Waals surface area contributed by atoms with Crippen LogP contribution in [0.5, 0.6) is 0 Å². The zero-order valence-corrected chi connectivity index (χ0v) is 13.2. The maximum atomic E-state index is 11.8.